The molecule has 122 valence electrons. The topological polar surface area (TPSA) is 66.5 Å². The normalized spacial score (nSPS) is 15.4. The SMILES string of the molecule is CCCCCCC/C=C/C=C/CC/C=C/[C@@H](O)[C@@H](N)CO. The Hall–Kier alpha value is -0.900. The first kappa shape index (κ1) is 20.1. The van der Waals surface area contributed by atoms with Gasteiger partial charge in [0.25, 0.3) is 0 Å². The van der Waals surface area contributed by atoms with Crippen LogP contribution in [-0.4, -0.2) is 29.0 Å². The van der Waals surface area contributed by atoms with Gasteiger partial charge in [0.1, 0.15) is 0 Å². The highest BCUT2D eigenvalue weighted by atomic mass is 16.3. The van der Waals surface area contributed by atoms with Gasteiger partial charge in [-0.3, -0.25) is 0 Å². The summed E-state index contributed by atoms with van der Waals surface area (Å²) in [7, 11) is 0. The van der Waals surface area contributed by atoms with Gasteiger partial charge < -0.3 is 15.9 Å². The average molecular weight is 295 g/mol. The molecule has 21 heavy (non-hydrogen) atoms. The minimum absolute atomic E-state index is 0.200. The molecule has 0 aliphatic rings. The maximum Gasteiger partial charge on any atom is 0.0894 e. The summed E-state index contributed by atoms with van der Waals surface area (Å²) < 4.78 is 0. The molecule has 0 unspecified atom stereocenters. The molecule has 0 radical (unpaired) electrons. The van der Waals surface area contributed by atoms with E-state index in [4.69, 9.17) is 10.8 Å². The van der Waals surface area contributed by atoms with Crippen LogP contribution < -0.4 is 5.73 Å². The van der Waals surface area contributed by atoms with Gasteiger partial charge in [0.15, 0.2) is 0 Å². The van der Waals surface area contributed by atoms with Gasteiger partial charge in [0.2, 0.25) is 0 Å². The number of aliphatic hydroxyl groups is 2. The molecule has 4 N–H and O–H groups in total. The van der Waals surface area contributed by atoms with Gasteiger partial charge in [-0.2, -0.15) is 0 Å². The van der Waals surface area contributed by atoms with Crippen molar-refractivity contribution in [2.45, 2.75) is 70.4 Å². The third-order valence-electron chi connectivity index (χ3n) is 3.34. The molecule has 0 aromatic rings. The van der Waals surface area contributed by atoms with Crippen LogP contribution in [-0.2, 0) is 0 Å². The molecule has 0 aliphatic heterocycles. The molecule has 0 saturated heterocycles. The van der Waals surface area contributed by atoms with Crippen molar-refractivity contribution in [3.05, 3.63) is 36.5 Å². The summed E-state index contributed by atoms with van der Waals surface area (Å²) in [6, 6.07) is -0.586. The summed E-state index contributed by atoms with van der Waals surface area (Å²) in [5, 5.41) is 18.3. The maximum absolute atomic E-state index is 9.49. The van der Waals surface area contributed by atoms with Crippen LogP contribution in [0.2, 0.25) is 0 Å². The number of nitrogens with two attached hydrogens (primary N) is 1. The smallest absolute Gasteiger partial charge is 0.0894 e. The molecule has 0 aromatic carbocycles. The average Bonchev–Trinajstić information content (AvgIpc) is 2.50. The molecule has 0 saturated carbocycles. The van der Waals surface area contributed by atoms with Crippen LogP contribution >= 0.6 is 0 Å². The van der Waals surface area contributed by atoms with Crippen LogP contribution in [0.25, 0.3) is 0 Å². The Bertz CT molecular complexity index is 298. The van der Waals surface area contributed by atoms with E-state index >= 15 is 0 Å². The molecule has 0 amide bonds. The van der Waals surface area contributed by atoms with Gasteiger partial charge in [-0.25, -0.2) is 0 Å². The predicted octanol–water partition coefficient (Wildman–Crippen LogP) is 3.48. The fourth-order valence-electron chi connectivity index (χ4n) is 1.89. The quantitative estimate of drug-likeness (QED) is 0.277. The highest BCUT2D eigenvalue weighted by Gasteiger charge is 2.08. The minimum atomic E-state index is -0.758. The molecular formula is C18H33NO2. The lowest BCUT2D eigenvalue weighted by atomic mass is 10.1. The van der Waals surface area contributed by atoms with E-state index in [1.54, 1.807) is 6.08 Å². The molecule has 3 heteroatoms. The van der Waals surface area contributed by atoms with E-state index in [0.29, 0.717) is 0 Å². The molecule has 0 aliphatic carbocycles. The number of rotatable bonds is 13. The number of hydrogen-bond donors (Lipinski definition) is 3. The number of hydrogen-bond acceptors (Lipinski definition) is 3. The standard InChI is InChI=1S/C18H33NO2/c1-2-3-4-5-6-7-8-9-10-11-12-13-14-15-18(21)17(19)16-20/h8-11,14-15,17-18,20-21H,2-7,12-13,16,19H2,1H3/b9-8+,11-10+,15-14+/t17-,18+/m0/s1. The fraction of sp³-hybridized carbons (Fsp3) is 0.667. The van der Waals surface area contributed by atoms with Gasteiger partial charge >= 0.3 is 0 Å². The number of allylic oxidation sites excluding steroid dienone is 5. The summed E-state index contributed by atoms with van der Waals surface area (Å²) >= 11 is 0. The second kappa shape index (κ2) is 15.5. The zero-order valence-electron chi connectivity index (χ0n) is 13.5. The predicted molar refractivity (Wildman–Crippen MR) is 91.1 cm³/mol. The first-order valence-corrected chi connectivity index (χ1v) is 8.25. The fourth-order valence-corrected chi connectivity index (χ4v) is 1.89. The Kier molecular flexibility index (Phi) is 14.8. The van der Waals surface area contributed by atoms with Crippen molar-refractivity contribution < 1.29 is 10.2 Å². The van der Waals surface area contributed by atoms with Crippen molar-refractivity contribution in [1.82, 2.24) is 0 Å². The lowest BCUT2D eigenvalue weighted by Crippen LogP contribution is -2.36. The van der Waals surface area contributed by atoms with Crippen LogP contribution in [0, 0.1) is 0 Å². The molecule has 0 bridgehead atoms. The van der Waals surface area contributed by atoms with Crippen LogP contribution in [0.3, 0.4) is 0 Å². The Morgan fingerprint density at radius 3 is 2.19 bits per heavy atom. The van der Waals surface area contributed by atoms with Crippen molar-refractivity contribution in [2.75, 3.05) is 6.61 Å². The van der Waals surface area contributed by atoms with E-state index in [1.807, 2.05) is 6.08 Å². The van der Waals surface area contributed by atoms with Crippen LogP contribution in [0.4, 0.5) is 0 Å². The number of unbranched alkanes of at least 4 members (excludes halogenated alkanes) is 6. The lowest BCUT2D eigenvalue weighted by molar-refractivity contribution is 0.144. The third kappa shape index (κ3) is 13.8. The molecule has 0 heterocycles. The zero-order chi connectivity index (χ0) is 15.8. The molecule has 3 nitrogen and oxygen atoms in total. The van der Waals surface area contributed by atoms with Crippen molar-refractivity contribution >= 4 is 0 Å². The van der Waals surface area contributed by atoms with E-state index in [0.717, 1.165) is 12.8 Å². The van der Waals surface area contributed by atoms with Gasteiger partial charge in [0.05, 0.1) is 18.8 Å². The molecule has 2 atom stereocenters. The van der Waals surface area contributed by atoms with Gasteiger partial charge in [-0.1, -0.05) is 69.1 Å². The zero-order valence-corrected chi connectivity index (χ0v) is 13.5. The van der Waals surface area contributed by atoms with Crippen molar-refractivity contribution in [3.8, 4) is 0 Å². The van der Waals surface area contributed by atoms with E-state index < -0.39 is 12.1 Å². The van der Waals surface area contributed by atoms with E-state index in [-0.39, 0.29) is 6.61 Å². The molecule has 0 aromatic heterocycles. The summed E-state index contributed by atoms with van der Waals surface area (Å²) in [5.41, 5.74) is 5.49. The third-order valence-corrected chi connectivity index (χ3v) is 3.34. The minimum Gasteiger partial charge on any atom is -0.395 e. The molecular weight excluding hydrogens is 262 g/mol. The molecule has 0 rings (SSSR count). The summed E-state index contributed by atoms with van der Waals surface area (Å²) in [4.78, 5) is 0. The van der Waals surface area contributed by atoms with E-state index in [9.17, 15) is 5.11 Å². The van der Waals surface area contributed by atoms with Crippen LogP contribution in [0.15, 0.2) is 36.5 Å². The van der Waals surface area contributed by atoms with Crippen molar-refractivity contribution in [1.29, 1.82) is 0 Å². The second-order valence-corrected chi connectivity index (χ2v) is 5.40. The largest absolute Gasteiger partial charge is 0.395 e. The summed E-state index contributed by atoms with van der Waals surface area (Å²) in [6.07, 6.45) is 21.0. The summed E-state index contributed by atoms with van der Waals surface area (Å²) in [5.74, 6) is 0. The highest BCUT2D eigenvalue weighted by molar-refractivity contribution is 5.03. The Balaban J connectivity index is 3.49. The second-order valence-electron chi connectivity index (χ2n) is 5.40. The Morgan fingerprint density at radius 2 is 1.52 bits per heavy atom. The van der Waals surface area contributed by atoms with Crippen molar-refractivity contribution in [3.63, 3.8) is 0 Å². The highest BCUT2D eigenvalue weighted by Crippen LogP contribution is 2.05. The lowest BCUT2D eigenvalue weighted by Gasteiger charge is -2.11. The van der Waals surface area contributed by atoms with Crippen molar-refractivity contribution in [2.24, 2.45) is 5.73 Å². The maximum atomic E-state index is 9.49. The first-order chi connectivity index (χ1) is 10.2. The monoisotopic (exact) mass is 295 g/mol. The van der Waals surface area contributed by atoms with Gasteiger partial charge in [-0.15, -0.1) is 0 Å². The van der Waals surface area contributed by atoms with Gasteiger partial charge in [-0.05, 0) is 25.7 Å². The van der Waals surface area contributed by atoms with Crippen LogP contribution in [0.1, 0.15) is 58.3 Å². The van der Waals surface area contributed by atoms with E-state index in [1.165, 1.54) is 38.5 Å². The molecule has 0 fully saturated rings. The van der Waals surface area contributed by atoms with E-state index in [2.05, 4.69) is 31.2 Å². The van der Waals surface area contributed by atoms with Gasteiger partial charge in [0, 0.05) is 0 Å². The Labute approximate surface area is 130 Å². The summed E-state index contributed by atoms with van der Waals surface area (Å²) in [6.45, 7) is 2.04. The number of aliphatic hydroxyl groups excluding tert-OH is 2. The first-order valence-electron chi connectivity index (χ1n) is 8.25. The van der Waals surface area contributed by atoms with Crippen LogP contribution in [0.5, 0.6) is 0 Å². The Morgan fingerprint density at radius 1 is 0.905 bits per heavy atom. The molecule has 0 spiro atoms.